The second kappa shape index (κ2) is 4.19. The van der Waals surface area contributed by atoms with Gasteiger partial charge in [0.2, 0.25) is 0 Å². The summed E-state index contributed by atoms with van der Waals surface area (Å²) in [6.07, 6.45) is 7.01. The Bertz CT molecular complexity index is 187. The fourth-order valence-electron chi connectivity index (χ4n) is 2.89. The van der Waals surface area contributed by atoms with E-state index in [0.717, 1.165) is 24.0 Å². The first-order valence-corrected chi connectivity index (χ1v) is 6.11. The summed E-state index contributed by atoms with van der Waals surface area (Å²) in [6.45, 7) is 2.40. The summed E-state index contributed by atoms with van der Waals surface area (Å²) in [6, 6.07) is 2.43. The van der Waals surface area contributed by atoms with E-state index in [1.54, 1.807) is 0 Å². The molecule has 3 unspecified atom stereocenters. The van der Waals surface area contributed by atoms with Crippen molar-refractivity contribution in [3.05, 3.63) is 0 Å². The van der Waals surface area contributed by atoms with Gasteiger partial charge in [-0.2, -0.15) is 0 Å². The molecule has 0 aromatic rings. The lowest BCUT2D eigenvalue weighted by Crippen LogP contribution is -2.51. The number of hydrogen-bond donors (Lipinski definition) is 1. The van der Waals surface area contributed by atoms with Crippen LogP contribution in [0.3, 0.4) is 0 Å². The Kier molecular flexibility index (Phi) is 3.13. The highest BCUT2D eigenvalue weighted by Crippen LogP contribution is 2.34. The van der Waals surface area contributed by atoms with Crippen molar-refractivity contribution in [2.45, 2.75) is 57.2 Å². The molecule has 0 aromatic carbocycles. The highest BCUT2D eigenvalue weighted by Gasteiger charge is 2.37. The molecular weight excluding hydrogens is 172 g/mol. The van der Waals surface area contributed by atoms with Crippen molar-refractivity contribution in [2.75, 3.05) is 14.1 Å². The fourth-order valence-corrected chi connectivity index (χ4v) is 2.89. The van der Waals surface area contributed by atoms with Crippen molar-refractivity contribution in [3.63, 3.8) is 0 Å². The summed E-state index contributed by atoms with van der Waals surface area (Å²) >= 11 is 0. The number of nitrogens with one attached hydrogen (secondary N) is 1. The molecular formula is C12H24N2. The van der Waals surface area contributed by atoms with E-state index in [2.05, 4.69) is 31.2 Å². The second-order valence-electron chi connectivity index (χ2n) is 5.28. The molecule has 0 amide bonds. The first kappa shape index (κ1) is 10.4. The molecule has 2 aliphatic rings. The number of rotatable bonds is 3. The third-order valence-electron chi connectivity index (χ3n) is 4.10. The molecule has 0 spiro atoms. The molecule has 1 N–H and O–H groups in total. The Labute approximate surface area is 88.1 Å². The molecule has 0 aromatic heterocycles. The summed E-state index contributed by atoms with van der Waals surface area (Å²) < 4.78 is 0. The first-order chi connectivity index (χ1) is 6.72. The molecule has 0 radical (unpaired) electrons. The van der Waals surface area contributed by atoms with Crippen LogP contribution in [0.2, 0.25) is 0 Å². The zero-order valence-corrected chi connectivity index (χ0v) is 9.79. The van der Waals surface area contributed by atoms with E-state index in [1.165, 1.54) is 32.1 Å². The third-order valence-corrected chi connectivity index (χ3v) is 4.10. The smallest absolute Gasteiger partial charge is 0.0251 e. The second-order valence-corrected chi connectivity index (χ2v) is 5.28. The molecule has 2 fully saturated rings. The molecule has 3 atom stereocenters. The lowest BCUT2D eigenvalue weighted by Gasteiger charge is -2.40. The quantitative estimate of drug-likeness (QED) is 0.741. The molecule has 2 nitrogen and oxygen atoms in total. The Balaban J connectivity index is 1.96. The Morgan fingerprint density at radius 2 is 1.86 bits per heavy atom. The van der Waals surface area contributed by atoms with Gasteiger partial charge in [0.15, 0.2) is 0 Å². The zero-order chi connectivity index (χ0) is 10.1. The highest BCUT2D eigenvalue weighted by molar-refractivity contribution is 4.94. The minimum atomic E-state index is 0.733. The minimum Gasteiger partial charge on any atom is -0.315 e. The molecule has 2 saturated carbocycles. The maximum Gasteiger partial charge on any atom is 0.0251 e. The topological polar surface area (TPSA) is 15.3 Å². The van der Waals surface area contributed by atoms with Crippen LogP contribution in [0.1, 0.15) is 39.0 Å². The Morgan fingerprint density at radius 1 is 1.14 bits per heavy atom. The van der Waals surface area contributed by atoms with E-state index >= 15 is 0 Å². The van der Waals surface area contributed by atoms with Crippen molar-refractivity contribution in [1.29, 1.82) is 0 Å². The molecule has 0 saturated heterocycles. The number of nitrogens with zero attached hydrogens (tertiary/aromatic N) is 1. The lowest BCUT2D eigenvalue weighted by atomic mass is 9.82. The predicted molar refractivity (Wildman–Crippen MR) is 60.4 cm³/mol. The maximum atomic E-state index is 3.50. The standard InChI is InChI=1S/C12H24N2/c1-9-4-7-11(13-2)12(8-9)14(3)10-5-6-10/h9-13H,4-8H2,1-3H3. The van der Waals surface area contributed by atoms with E-state index in [4.69, 9.17) is 0 Å². The summed E-state index contributed by atoms with van der Waals surface area (Å²) in [7, 11) is 4.44. The van der Waals surface area contributed by atoms with Crippen LogP contribution in [0.15, 0.2) is 0 Å². The minimum absolute atomic E-state index is 0.733. The molecule has 14 heavy (non-hydrogen) atoms. The van der Waals surface area contributed by atoms with Gasteiger partial charge in [-0.15, -0.1) is 0 Å². The monoisotopic (exact) mass is 196 g/mol. The van der Waals surface area contributed by atoms with Gasteiger partial charge in [0.05, 0.1) is 0 Å². The van der Waals surface area contributed by atoms with Crippen molar-refractivity contribution in [3.8, 4) is 0 Å². The molecule has 82 valence electrons. The Morgan fingerprint density at radius 3 is 2.43 bits per heavy atom. The van der Waals surface area contributed by atoms with Gasteiger partial charge in [-0.25, -0.2) is 0 Å². The van der Waals surface area contributed by atoms with Crippen molar-refractivity contribution in [1.82, 2.24) is 10.2 Å². The van der Waals surface area contributed by atoms with E-state index in [0.29, 0.717) is 0 Å². The highest BCUT2D eigenvalue weighted by atomic mass is 15.2. The summed E-state index contributed by atoms with van der Waals surface area (Å²) in [5.74, 6) is 0.922. The van der Waals surface area contributed by atoms with E-state index in [9.17, 15) is 0 Å². The van der Waals surface area contributed by atoms with Gasteiger partial charge < -0.3 is 5.32 Å². The van der Waals surface area contributed by atoms with Gasteiger partial charge in [0.25, 0.3) is 0 Å². The molecule has 0 heterocycles. The van der Waals surface area contributed by atoms with Gasteiger partial charge in [0, 0.05) is 18.1 Å². The average molecular weight is 196 g/mol. The van der Waals surface area contributed by atoms with Crippen LogP contribution in [-0.2, 0) is 0 Å². The van der Waals surface area contributed by atoms with E-state index < -0.39 is 0 Å². The summed E-state index contributed by atoms with van der Waals surface area (Å²) in [5.41, 5.74) is 0. The number of likely N-dealkylation sites (N-methyl/N-ethyl adjacent to an activating group) is 2. The van der Waals surface area contributed by atoms with Gasteiger partial charge >= 0.3 is 0 Å². The van der Waals surface area contributed by atoms with Crippen LogP contribution >= 0.6 is 0 Å². The average Bonchev–Trinajstić information content (AvgIpc) is 3.00. The van der Waals surface area contributed by atoms with E-state index in [1.807, 2.05) is 0 Å². The summed E-state index contributed by atoms with van der Waals surface area (Å²) in [5, 5.41) is 3.50. The fraction of sp³-hybridized carbons (Fsp3) is 1.00. The molecule has 0 aliphatic heterocycles. The molecule has 0 bridgehead atoms. The number of hydrogen-bond acceptors (Lipinski definition) is 2. The SMILES string of the molecule is CNC1CCC(C)CC1N(C)C1CC1. The van der Waals surface area contributed by atoms with Crippen LogP contribution in [0.5, 0.6) is 0 Å². The normalized spacial score (nSPS) is 39.0. The van der Waals surface area contributed by atoms with Crippen LogP contribution in [0, 0.1) is 5.92 Å². The van der Waals surface area contributed by atoms with Gasteiger partial charge in [-0.05, 0) is 52.1 Å². The van der Waals surface area contributed by atoms with Crippen LogP contribution < -0.4 is 5.32 Å². The van der Waals surface area contributed by atoms with Gasteiger partial charge in [-0.1, -0.05) is 6.92 Å². The molecule has 2 aliphatic carbocycles. The zero-order valence-electron chi connectivity index (χ0n) is 9.79. The van der Waals surface area contributed by atoms with Crippen molar-refractivity contribution >= 4 is 0 Å². The lowest BCUT2D eigenvalue weighted by molar-refractivity contribution is 0.122. The van der Waals surface area contributed by atoms with Crippen LogP contribution in [-0.4, -0.2) is 37.1 Å². The van der Waals surface area contributed by atoms with Gasteiger partial charge in [0.1, 0.15) is 0 Å². The maximum absolute atomic E-state index is 3.50. The molecule has 2 rings (SSSR count). The van der Waals surface area contributed by atoms with Gasteiger partial charge in [-0.3, -0.25) is 4.90 Å². The third kappa shape index (κ3) is 2.12. The largest absolute Gasteiger partial charge is 0.315 e. The first-order valence-electron chi connectivity index (χ1n) is 6.11. The molecule has 2 heteroatoms. The van der Waals surface area contributed by atoms with Crippen molar-refractivity contribution in [2.24, 2.45) is 5.92 Å². The predicted octanol–water partition coefficient (Wildman–Crippen LogP) is 1.86. The summed E-state index contributed by atoms with van der Waals surface area (Å²) in [4.78, 5) is 2.64. The van der Waals surface area contributed by atoms with Crippen LogP contribution in [0.25, 0.3) is 0 Å². The van der Waals surface area contributed by atoms with Crippen molar-refractivity contribution < 1.29 is 0 Å². The van der Waals surface area contributed by atoms with E-state index in [-0.39, 0.29) is 0 Å². The van der Waals surface area contributed by atoms with Crippen LogP contribution in [0.4, 0.5) is 0 Å². The Hall–Kier alpha value is -0.0800.